The second-order valence-electron chi connectivity index (χ2n) is 2.12. The SMILES string of the molecule is CC#C/C=c1/sc(=S)[nH]/c1=C/C. The van der Waals surface area contributed by atoms with Crippen molar-refractivity contribution >= 4 is 35.7 Å². The maximum Gasteiger partial charge on any atom is 0.159 e. The van der Waals surface area contributed by atoms with E-state index in [0.717, 1.165) is 13.8 Å². The Balaban J connectivity index is 3.50. The van der Waals surface area contributed by atoms with Gasteiger partial charge in [-0.2, -0.15) is 0 Å². The molecule has 0 radical (unpaired) electrons. The second kappa shape index (κ2) is 4.24. The van der Waals surface area contributed by atoms with Crippen molar-refractivity contribution < 1.29 is 0 Å². The lowest BCUT2D eigenvalue weighted by Crippen LogP contribution is -2.19. The van der Waals surface area contributed by atoms with Crippen LogP contribution >= 0.6 is 23.6 Å². The zero-order valence-corrected chi connectivity index (χ0v) is 8.60. The molecule has 12 heavy (non-hydrogen) atoms. The van der Waals surface area contributed by atoms with E-state index in [0.29, 0.717) is 0 Å². The van der Waals surface area contributed by atoms with Gasteiger partial charge in [-0.25, -0.2) is 0 Å². The van der Waals surface area contributed by atoms with E-state index in [4.69, 9.17) is 12.2 Å². The summed E-state index contributed by atoms with van der Waals surface area (Å²) in [6, 6.07) is 0. The molecule has 62 valence electrons. The Labute approximate surface area is 80.5 Å². The average molecular weight is 195 g/mol. The predicted molar refractivity (Wildman–Crippen MR) is 56.8 cm³/mol. The zero-order valence-electron chi connectivity index (χ0n) is 6.97. The highest BCUT2D eigenvalue weighted by Gasteiger charge is 1.85. The van der Waals surface area contributed by atoms with Crippen LogP contribution in [0.25, 0.3) is 12.2 Å². The number of thiazole rings is 1. The summed E-state index contributed by atoms with van der Waals surface area (Å²) in [5, 5.41) is 1.06. The molecule has 0 saturated heterocycles. The van der Waals surface area contributed by atoms with Gasteiger partial charge in [0.1, 0.15) is 0 Å². The van der Waals surface area contributed by atoms with Crippen molar-refractivity contribution in [1.82, 2.24) is 4.98 Å². The number of rotatable bonds is 0. The Morgan fingerprint density at radius 3 is 2.92 bits per heavy atom. The van der Waals surface area contributed by atoms with Crippen molar-refractivity contribution in [2.45, 2.75) is 13.8 Å². The molecule has 1 rings (SSSR count). The fourth-order valence-electron chi connectivity index (χ4n) is 0.811. The predicted octanol–water partition coefficient (Wildman–Crippen LogP) is 1.41. The van der Waals surface area contributed by atoms with E-state index in [2.05, 4.69) is 16.8 Å². The van der Waals surface area contributed by atoms with Gasteiger partial charge >= 0.3 is 0 Å². The number of hydrogen-bond acceptors (Lipinski definition) is 2. The normalized spacial score (nSPS) is 12.8. The third kappa shape index (κ3) is 2.07. The fraction of sp³-hybridized carbons (Fsp3) is 0.222. The largest absolute Gasteiger partial charge is 0.337 e. The molecule has 0 aliphatic rings. The molecule has 0 amide bonds. The van der Waals surface area contributed by atoms with Crippen LogP contribution < -0.4 is 9.88 Å². The third-order valence-electron chi connectivity index (χ3n) is 1.34. The van der Waals surface area contributed by atoms with Crippen LogP contribution in [0.2, 0.25) is 0 Å². The van der Waals surface area contributed by atoms with Crippen molar-refractivity contribution in [2.24, 2.45) is 0 Å². The van der Waals surface area contributed by atoms with Crippen molar-refractivity contribution in [3.05, 3.63) is 13.8 Å². The maximum absolute atomic E-state index is 5.01. The summed E-state index contributed by atoms with van der Waals surface area (Å²) in [6.45, 7) is 3.79. The highest BCUT2D eigenvalue weighted by Crippen LogP contribution is 1.83. The van der Waals surface area contributed by atoms with Gasteiger partial charge in [0, 0.05) is 6.08 Å². The molecule has 1 aromatic heterocycles. The van der Waals surface area contributed by atoms with Gasteiger partial charge in [0.05, 0.1) is 9.88 Å². The van der Waals surface area contributed by atoms with Crippen LogP contribution in [0, 0.1) is 15.8 Å². The first-order valence-corrected chi connectivity index (χ1v) is 4.78. The molecule has 0 aliphatic heterocycles. The third-order valence-corrected chi connectivity index (χ3v) is 2.54. The van der Waals surface area contributed by atoms with E-state index in [1.165, 1.54) is 0 Å². The summed E-state index contributed by atoms with van der Waals surface area (Å²) in [5.74, 6) is 5.72. The zero-order chi connectivity index (χ0) is 8.97. The molecule has 0 unspecified atom stereocenters. The molecule has 0 aliphatic carbocycles. The average Bonchev–Trinajstić information content (AvgIpc) is 2.42. The van der Waals surface area contributed by atoms with Crippen molar-refractivity contribution in [1.29, 1.82) is 0 Å². The first-order valence-electron chi connectivity index (χ1n) is 3.56. The number of aromatic amines is 1. The number of nitrogens with one attached hydrogen (secondary N) is 1. The van der Waals surface area contributed by atoms with Crippen LogP contribution in [0.1, 0.15) is 13.8 Å². The number of H-pyrrole nitrogens is 1. The highest BCUT2D eigenvalue weighted by molar-refractivity contribution is 7.73. The quantitative estimate of drug-likeness (QED) is 0.489. The molecule has 3 heteroatoms. The van der Waals surface area contributed by atoms with Crippen molar-refractivity contribution in [3.8, 4) is 11.8 Å². The Bertz CT molecular complexity index is 479. The van der Waals surface area contributed by atoms with Gasteiger partial charge in [-0.05, 0) is 26.1 Å². The Hall–Kier alpha value is -0.850. The summed E-state index contributed by atoms with van der Waals surface area (Å²) in [5.41, 5.74) is 0. The second-order valence-corrected chi connectivity index (χ2v) is 3.84. The Morgan fingerprint density at radius 2 is 2.33 bits per heavy atom. The lowest BCUT2D eigenvalue weighted by Gasteiger charge is -1.71. The minimum atomic E-state index is 0.798. The summed E-state index contributed by atoms with van der Waals surface area (Å²) >= 11 is 6.56. The fourth-order valence-corrected chi connectivity index (χ4v) is 1.95. The van der Waals surface area contributed by atoms with Crippen LogP contribution in [0.5, 0.6) is 0 Å². The van der Waals surface area contributed by atoms with Gasteiger partial charge in [0.15, 0.2) is 3.95 Å². The van der Waals surface area contributed by atoms with Gasteiger partial charge in [-0.15, -0.1) is 17.3 Å². The van der Waals surface area contributed by atoms with E-state index >= 15 is 0 Å². The Kier molecular flexibility index (Phi) is 3.27. The standard InChI is InChI=1S/C9H9NS2/c1-3-5-6-8-7(4-2)10-9(11)12-8/h4,6H,1-2H3,(H,10,11)/b7-4+,8-6+. The summed E-state index contributed by atoms with van der Waals surface area (Å²) in [4.78, 5) is 3.08. The molecule has 1 aromatic rings. The minimum absolute atomic E-state index is 0.798. The molecule has 0 fully saturated rings. The van der Waals surface area contributed by atoms with E-state index < -0.39 is 0 Å². The molecule has 1 heterocycles. The van der Waals surface area contributed by atoms with Crippen LogP contribution in [-0.4, -0.2) is 4.98 Å². The van der Waals surface area contributed by atoms with Gasteiger partial charge in [0.2, 0.25) is 0 Å². The highest BCUT2D eigenvalue weighted by atomic mass is 32.1. The molecule has 0 atom stereocenters. The smallest absolute Gasteiger partial charge is 0.159 e. The molecule has 0 saturated carbocycles. The minimum Gasteiger partial charge on any atom is -0.337 e. The van der Waals surface area contributed by atoms with Crippen molar-refractivity contribution in [2.75, 3.05) is 0 Å². The molecular formula is C9H9NS2. The summed E-state index contributed by atoms with van der Waals surface area (Å²) < 4.78 is 1.91. The first kappa shape index (κ1) is 9.24. The lowest BCUT2D eigenvalue weighted by molar-refractivity contribution is 1.29. The maximum atomic E-state index is 5.01. The van der Waals surface area contributed by atoms with Gasteiger partial charge in [-0.1, -0.05) is 12.0 Å². The first-order chi connectivity index (χ1) is 5.77. The number of hydrogen-bond donors (Lipinski definition) is 1. The van der Waals surface area contributed by atoms with Crippen LogP contribution in [-0.2, 0) is 0 Å². The molecule has 1 N–H and O–H groups in total. The topological polar surface area (TPSA) is 15.8 Å². The molecule has 0 aromatic carbocycles. The molecular weight excluding hydrogens is 186 g/mol. The molecule has 0 spiro atoms. The van der Waals surface area contributed by atoms with Crippen LogP contribution in [0.3, 0.4) is 0 Å². The molecule has 1 nitrogen and oxygen atoms in total. The van der Waals surface area contributed by atoms with E-state index in [9.17, 15) is 0 Å². The molecule has 0 bridgehead atoms. The van der Waals surface area contributed by atoms with Gasteiger partial charge in [-0.3, -0.25) is 0 Å². The lowest BCUT2D eigenvalue weighted by atomic mass is 10.5. The summed E-state index contributed by atoms with van der Waals surface area (Å²) in [7, 11) is 0. The van der Waals surface area contributed by atoms with Crippen LogP contribution in [0.15, 0.2) is 0 Å². The van der Waals surface area contributed by atoms with Gasteiger partial charge < -0.3 is 4.98 Å². The van der Waals surface area contributed by atoms with E-state index in [1.807, 2.05) is 26.0 Å². The van der Waals surface area contributed by atoms with Crippen molar-refractivity contribution in [3.63, 3.8) is 0 Å². The van der Waals surface area contributed by atoms with E-state index in [1.54, 1.807) is 11.3 Å². The van der Waals surface area contributed by atoms with E-state index in [-0.39, 0.29) is 0 Å². The van der Waals surface area contributed by atoms with Gasteiger partial charge in [0.25, 0.3) is 0 Å². The Morgan fingerprint density at radius 1 is 1.58 bits per heavy atom. The summed E-state index contributed by atoms with van der Waals surface area (Å²) in [6.07, 6.45) is 3.88. The number of aromatic nitrogens is 1. The van der Waals surface area contributed by atoms with Crippen LogP contribution in [0.4, 0.5) is 0 Å². The monoisotopic (exact) mass is 195 g/mol.